The zero-order valence-electron chi connectivity index (χ0n) is 11.3. The molecule has 102 valence electrons. The van der Waals surface area contributed by atoms with Gasteiger partial charge in [0.2, 0.25) is 5.95 Å². The second kappa shape index (κ2) is 7.53. The minimum atomic E-state index is 0.218. The highest BCUT2D eigenvalue weighted by atomic mass is 79.9. The van der Waals surface area contributed by atoms with E-state index >= 15 is 0 Å². The van der Waals surface area contributed by atoms with E-state index < -0.39 is 0 Å². The van der Waals surface area contributed by atoms with Crippen LogP contribution in [0.25, 0.3) is 0 Å². The Morgan fingerprint density at radius 1 is 1.44 bits per heavy atom. The summed E-state index contributed by atoms with van der Waals surface area (Å²) in [5.74, 6) is 1.87. The quantitative estimate of drug-likeness (QED) is 0.810. The molecule has 0 amide bonds. The number of nitrogens with one attached hydrogen (secondary N) is 2. The van der Waals surface area contributed by atoms with E-state index in [1.807, 2.05) is 6.92 Å². The van der Waals surface area contributed by atoms with E-state index in [1.54, 1.807) is 13.3 Å². The van der Waals surface area contributed by atoms with Crippen LogP contribution in [0.2, 0.25) is 0 Å². The minimum absolute atomic E-state index is 0.218. The Balaban J connectivity index is 2.83. The molecule has 2 N–H and O–H groups in total. The Morgan fingerprint density at radius 2 is 2.17 bits per heavy atom. The predicted octanol–water partition coefficient (Wildman–Crippen LogP) is 2.75. The largest absolute Gasteiger partial charge is 0.383 e. The van der Waals surface area contributed by atoms with Gasteiger partial charge in [-0.1, -0.05) is 13.8 Å². The highest BCUT2D eigenvalue weighted by molar-refractivity contribution is 9.10. The van der Waals surface area contributed by atoms with Crippen molar-refractivity contribution < 1.29 is 4.74 Å². The molecule has 1 heterocycles. The van der Waals surface area contributed by atoms with Gasteiger partial charge in [-0.15, -0.1) is 0 Å². The molecule has 0 bridgehead atoms. The van der Waals surface area contributed by atoms with Crippen LogP contribution >= 0.6 is 15.9 Å². The molecule has 0 aliphatic rings. The monoisotopic (exact) mass is 316 g/mol. The average Bonchev–Trinajstić information content (AvgIpc) is 2.33. The van der Waals surface area contributed by atoms with Gasteiger partial charge in [0.1, 0.15) is 5.82 Å². The van der Waals surface area contributed by atoms with Crippen LogP contribution < -0.4 is 10.6 Å². The van der Waals surface area contributed by atoms with Gasteiger partial charge in [0.25, 0.3) is 0 Å². The molecule has 5 nitrogen and oxygen atoms in total. The summed E-state index contributed by atoms with van der Waals surface area (Å²) in [6.07, 6.45) is 1.75. The number of halogens is 1. The first kappa shape index (κ1) is 15.2. The molecule has 1 atom stereocenters. The molecular weight excluding hydrogens is 296 g/mol. The van der Waals surface area contributed by atoms with Crippen LogP contribution in [-0.4, -0.2) is 36.3 Å². The number of methoxy groups -OCH3 is 1. The first-order valence-electron chi connectivity index (χ1n) is 6.10. The van der Waals surface area contributed by atoms with Crippen LogP contribution in [0.15, 0.2) is 10.7 Å². The van der Waals surface area contributed by atoms with E-state index in [4.69, 9.17) is 4.74 Å². The van der Waals surface area contributed by atoms with Gasteiger partial charge in [-0.25, -0.2) is 4.98 Å². The van der Waals surface area contributed by atoms with Gasteiger partial charge in [0.05, 0.1) is 17.1 Å². The molecule has 1 aromatic heterocycles. The van der Waals surface area contributed by atoms with Crippen molar-refractivity contribution in [3.8, 4) is 0 Å². The predicted molar refractivity (Wildman–Crippen MR) is 78.0 cm³/mol. The fourth-order valence-electron chi connectivity index (χ4n) is 1.47. The lowest BCUT2D eigenvalue weighted by Crippen LogP contribution is -2.31. The highest BCUT2D eigenvalue weighted by Crippen LogP contribution is 2.22. The molecule has 1 unspecified atom stereocenters. The van der Waals surface area contributed by atoms with Gasteiger partial charge < -0.3 is 15.4 Å². The van der Waals surface area contributed by atoms with Crippen molar-refractivity contribution in [2.45, 2.75) is 26.8 Å². The van der Waals surface area contributed by atoms with Gasteiger partial charge in [0.15, 0.2) is 0 Å². The maximum atomic E-state index is 5.22. The first-order valence-corrected chi connectivity index (χ1v) is 6.89. The highest BCUT2D eigenvalue weighted by Gasteiger charge is 2.15. The number of hydrogen-bond acceptors (Lipinski definition) is 5. The van der Waals surface area contributed by atoms with Crippen LogP contribution in [0.4, 0.5) is 11.8 Å². The van der Waals surface area contributed by atoms with Gasteiger partial charge in [-0.05, 0) is 28.8 Å². The molecule has 0 aromatic carbocycles. The zero-order chi connectivity index (χ0) is 13.5. The molecular formula is C12H21BrN4O. The Morgan fingerprint density at radius 3 is 2.72 bits per heavy atom. The Labute approximate surface area is 117 Å². The van der Waals surface area contributed by atoms with Gasteiger partial charge >= 0.3 is 0 Å². The van der Waals surface area contributed by atoms with Crippen molar-refractivity contribution in [3.05, 3.63) is 10.7 Å². The summed E-state index contributed by atoms with van der Waals surface area (Å²) >= 11 is 3.45. The average molecular weight is 317 g/mol. The van der Waals surface area contributed by atoms with Gasteiger partial charge in [-0.3, -0.25) is 0 Å². The molecule has 1 rings (SSSR count). The molecule has 0 aliphatic carbocycles. The molecule has 6 heteroatoms. The van der Waals surface area contributed by atoms with Crippen LogP contribution in [0.1, 0.15) is 20.8 Å². The summed E-state index contributed by atoms with van der Waals surface area (Å²) in [5.41, 5.74) is 0. The standard InChI is InChI=1S/C12H21BrN4O/c1-5-14-12-15-6-9(13)11(17-12)16-10(7-18-4)8(2)3/h6,8,10H,5,7H2,1-4H3,(H2,14,15,16,17). The Kier molecular flexibility index (Phi) is 6.35. The SMILES string of the molecule is CCNc1ncc(Br)c(NC(COC)C(C)C)n1. The molecule has 0 radical (unpaired) electrons. The fourth-order valence-corrected chi connectivity index (χ4v) is 1.77. The molecule has 0 saturated carbocycles. The number of nitrogens with zero attached hydrogens (tertiary/aromatic N) is 2. The van der Waals surface area contributed by atoms with Crippen LogP contribution in [0.3, 0.4) is 0 Å². The second-order valence-electron chi connectivity index (χ2n) is 4.37. The zero-order valence-corrected chi connectivity index (χ0v) is 12.9. The van der Waals surface area contributed by atoms with Crippen molar-refractivity contribution in [3.63, 3.8) is 0 Å². The topological polar surface area (TPSA) is 59.1 Å². The number of rotatable bonds is 7. The van der Waals surface area contributed by atoms with E-state index in [9.17, 15) is 0 Å². The van der Waals surface area contributed by atoms with Crippen LogP contribution in [0.5, 0.6) is 0 Å². The number of ether oxygens (including phenoxy) is 1. The third-order valence-electron chi connectivity index (χ3n) is 2.55. The molecule has 0 fully saturated rings. The molecule has 18 heavy (non-hydrogen) atoms. The summed E-state index contributed by atoms with van der Waals surface area (Å²) < 4.78 is 6.07. The maximum Gasteiger partial charge on any atom is 0.224 e. The van der Waals surface area contributed by atoms with Crippen molar-refractivity contribution in [2.75, 3.05) is 30.9 Å². The Hall–Kier alpha value is -0.880. The van der Waals surface area contributed by atoms with E-state index in [2.05, 4.69) is 50.4 Å². The summed E-state index contributed by atoms with van der Waals surface area (Å²) in [5, 5.41) is 6.48. The fraction of sp³-hybridized carbons (Fsp3) is 0.667. The molecule has 1 aromatic rings. The van der Waals surface area contributed by atoms with Crippen molar-refractivity contribution in [1.82, 2.24) is 9.97 Å². The minimum Gasteiger partial charge on any atom is -0.383 e. The summed E-state index contributed by atoms with van der Waals surface area (Å²) in [6.45, 7) is 7.76. The summed E-state index contributed by atoms with van der Waals surface area (Å²) in [6, 6.07) is 0.218. The lowest BCUT2D eigenvalue weighted by molar-refractivity contribution is 0.171. The molecule has 0 spiro atoms. The molecule has 0 aliphatic heterocycles. The molecule has 0 saturated heterocycles. The number of anilines is 2. The maximum absolute atomic E-state index is 5.22. The van der Waals surface area contributed by atoms with Crippen molar-refractivity contribution in [2.24, 2.45) is 5.92 Å². The lowest BCUT2D eigenvalue weighted by Gasteiger charge is -2.22. The van der Waals surface area contributed by atoms with E-state index in [0.717, 1.165) is 16.8 Å². The van der Waals surface area contributed by atoms with Crippen LogP contribution in [0, 0.1) is 5.92 Å². The van der Waals surface area contributed by atoms with Gasteiger partial charge in [-0.2, -0.15) is 4.98 Å². The van der Waals surface area contributed by atoms with Crippen molar-refractivity contribution >= 4 is 27.7 Å². The second-order valence-corrected chi connectivity index (χ2v) is 5.23. The van der Waals surface area contributed by atoms with E-state index in [-0.39, 0.29) is 6.04 Å². The third kappa shape index (κ3) is 4.42. The Bertz CT molecular complexity index is 373. The normalized spacial score (nSPS) is 12.6. The number of hydrogen-bond donors (Lipinski definition) is 2. The first-order chi connectivity index (χ1) is 8.58. The number of aromatic nitrogens is 2. The van der Waals surface area contributed by atoms with E-state index in [0.29, 0.717) is 18.5 Å². The summed E-state index contributed by atoms with van der Waals surface area (Å²) in [7, 11) is 1.70. The lowest BCUT2D eigenvalue weighted by atomic mass is 10.1. The van der Waals surface area contributed by atoms with Gasteiger partial charge in [0, 0.05) is 19.9 Å². The smallest absolute Gasteiger partial charge is 0.224 e. The van der Waals surface area contributed by atoms with E-state index in [1.165, 1.54) is 0 Å². The van der Waals surface area contributed by atoms with Crippen molar-refractivity contribution in [1.29, 1.82) is 0 Å². The summed E-state index contributed by atoms with van der Waals surface area (Å²) in [4.78, 5) is 8.62. The third-order valence-corrected chi connectivity index (χ3v) is 3.13. The van der Waals surface area contributed by atoms with Crippen LogP contribution in [-0.2, 0) is 4.74 Å².